The molecule has 1 fully saturated rings. The minimum Gasteiger partial charge on any atom is -0.456 e. The molecule has 0 atom stereocenters. The monoisotopic (exact) mass is 240 g/mol. The molecule has 0 aromatic carbocycles. The van der Waals surface area contributed by atoms with Crippen LogP contribution < -0.4 is 0 Å². The van der Waals surface area contributed by atoms with Gasteiger partial charge in [-0.3, -0.25) is 4.79 Å². The summed E-state index contributed by atoms with van der Waals surface area (Å²) in [5.74, 6) is -0.406. The Morgan fingerprint density at radius 2 is 1.94 bits per heavy atom. The minimum atomic E-state index is -4.44. The summed E-state index contributed by atoms with van der Waals surface area (Å²) in [6.07, 6.45) is -2.06. The third-order valence-electron chi connectivity index (χ3n) is 2.49. The van der Waals surface area contributed by atoms with Crippen molar-refractivity contribution in [2.45, 2.75) is 31.9 Å². The average Bonchev–Trinajstić information content (AvgIpc) is 2.24. The first-order chi connectivity index (χ1) is 7.47. The Morgan fingerprint density at radius 1 is 1.31 bits per heavy atom. The van der Waals surface area contributed by atoms with E-state index in [0.717, 1.165) is 12.8 Å². The van der Waals surface area contributed by atoms with Gasteiger partial charge in [-0.05, 0) is 25.2 Å². The summed E-state index contributed by atoms with van der Waals surface area (Å²) in [5, 5.41) is 0. The van der Waals surface area contributed by atoms with Crippen LogP contribution in [0, 0.1) is 5.92 Å². The molecule has 0 aliphatic carbocycles. The number of hydrogen-bond acceptors (Lipinski definition) is 3. The highest BCUT2D eigenvalue weighted by Gasteiger charge is 2.29. The molecule has 1 heterocycles. The van der Waals surface area contributed by atoms with Gasteiger partial charge in [-0.2, -0.15) is 13.2 Å². The number of alkyl halides is 3. The molecule has 94 valence electrons. The number of ether oxygens (including phenoxy) is 2. The first-order valence-corrected chi connectivity index (χ1v) is 5.27. The maximum Gasteiger partial charge on any atom is 0.422 e. The zero-order valence-electron chi connectivity index (χ0n) is 8.89. The van der Waals surface area contributed by atoms with E-state index in [1.54, 1.807) is 0 Å². The van der Waals surface area contributed by atoms with Crippen molar-refractivity contribution in [1.82, 2.24) is 0 Å². The molecular formula is C10H15F3O3. The molecule has 3 nitrogen and oxygen atoms in total. The van der Waals surface area contributed by atoms with Crippen molar-refractivity contribution >= 4 is 5.97 Å². The van der Waals surface area contributed by atoms with Gasteiger partial charge in [0.2, 0.25) is 0 Å². The molecule has 1 rings (SSSR count). The van der Waals surface area contributed by atoms with Gasteiger partial charge in [-0.1, -0.05) is 0 Å². The largest absolute Gasteiger partial charge is 0.456 e. The second-order valence-corrected chi connectivity index (χ2v) is 3.87. The molecule has 0 bridgehead atoms. The molecule has 0 unspecified atom stereocenters. The summed E-state index contributed by atoms with van der Waals surface area (Å²) < 4.78 is 44.4. The van der Waals surface area contributed by atoms with Crippen LogP contribution in [0.1, 0.15) is 25.7 Å². The SMILES string of the molecule is O=C(CCC1CCOCC1)OCC(F)(F)F. The summed E-state index contributed by atoms with van der Waals surface area (Å²) in [4.78, 5) is 11.0. The van der Waals surface area contributed by atoms with Crippen LogP contribution >= 0.6 is 0 Å². The van der Waals surface area contributed by atoms with Gasteiger partial charge in [-0.25, -0.2) is 0 Å². The number of hydrogen-bond donors (Lipinski definition) is 0. The van der Waals surface area contributed by atoms with Crippen LogP contribution in [0.5, 0.6) is 0 Å². The quantitative estimate of drug-likeness (QED) is 0.707. The van der Waals surface area contributed by atoms with Crippen molar-refractivity contribution in [3.63, 3.8) is 0 Å². The highest BCUT2D eigenvalue weighted by molar-refractivity contribution is 5.69. The maximum atomic E-state index is 11.7. The summed E-state index contributed by atoms with van der Waals surface area (Å²) >= 11 is 0. The normalized spacial score (nSPS) is 18.4. The fraction of sp³-hybridized carbons (Fsp3) is 0.900. The van der Waals surface area contributed by atoms with Gasteiger partial charge in [0.05, 0.1) is 0 Å². The van der Waals surface area contributed by atoms with Crippen molar-refractivity contribution < 1.29 is 27.4 Å². The molecule has 1 saturated heterocycles. The topological polar surface area (TPSA) is 35.5 Å². The van der Waals surface area contributed by atoms with Gasteiger partial charge < -0.3 is 9.47 Å². The molecular weight excluding hydrogens is 225 g/mol. The third kappa shape index (κ3) is 5.95. The molecule has 0 aromatic rings. The van der Waals surface area contributed by atoms with Crippen LogP contribution in [0.25, 0.3) is 0 Å². The van der Waals surface area contributed by atoms with Gasteiger partial charge in [0.1, 0.15) is 0 Å². The molecule has 16 heavy (non-hydrogen) atoms. The van der Waals surface area contributed by atoms with Crippen molar-refractivity contribution in [1.29, 1.82) is 0 Å². The van der Waals surface area contributed by atoms with Crippen LogP contribution in [0.4, 0.5) is 13.2 Å². The van der Waals surface area contributed by atoms with Crippen molar-refractivity contribution in [3.05, 3.63) is 0 Å². The van der Waals surface area contributed by atoms with Crippen LogP contribution in [-0.2, 0) is 14.3 Å². The van der Waals surface area contributed by atoms with E-state index in [-0.39, 0.29) is 6.42 Å². The van der Waals surface area contributed by atoms with Gasteiger partial charge in [0.25, 0.3) is 0 Å². The molecule has 0 amide bonds. The summed E-state index contributed by atoms with van der Waals surface area (Å²) in [6, 6.07) is 0. The molecule has 0 N–H and O–H groups in total. The highest BCUT2D eigenvalue weighted by Crippen LogP contribution is 2.21. The van der Waals surface area contributed by atoms with E-state index in [1.807, 2.05) is 0 Å². The molecule has 6 heteroatoms. The Balaban J connectivity index is 2.09. The number of esters is 1. The van der Waals surface area contributed by atoms with E-state index in [4.69, 9.17) is 4.74 Å². The Kier molecular flexibility index (Phi) is 5.05. The van der Waals surface area contributed by atoms with Gasteiger partial charge >= 0.3 is 12.1 Å². The lowest BCUT2D eigenvalue weighted by molar-refractivity contribution is -0.186. The fourth-order valence-corrected chi connectivity index (χ4v) is 1.59. The third-order valence-corrected chi connectivity index (χ3v) is 2.49. The van der Waals surface area contributed by atoms with E-state index >= 15 is 0 Å². The van der Waals surface area contributed by atoms with Crippen molar-refractivity contribution in [2.75, 3.05) is 19.8 Å². The van der Waals surface area contributed by atoms with Crippen LogP contribution in [-0.4, -0.2) is 32.0 Å². The lowest BCUT2D eigenvalue weighted by Gasteiger charge is -2.21. The predicted octanol–water partition coefficient (Wildman–Crippen LogP) is 2.30. The molecule has 1 aliphatic heterocycles. The standard InChI is InChI=1S/C10H15F3O3/c11-10(12,13)7-16-9(14)2-1-8-3-5-15-6-4-8/h8H,1-7H2. The molecule has 0 radical (unpaired) electrons. The van der Waals surface area contributed by atoms with Gasteiger partial charge in [-0.15, -0.1) is 0 Å². The Labute approximate surface area is 91.9 Å². The summed E-state index contributed by atoms with van der Waals surface area (Å²) in [6.45, 7) is -0.149. The van der Waals surface area contributed by atoms with Crippen molar-refractivity contribution in [2.24, 2.45) is 5.92 Å². The fourth-order valence-electron chi connectivity index (χ4n) is 1.59. The van der Waals surface area contributed by atoms with E-state index in [9.17, 15) is 18.0 Å². The number of carbonyl (C=O) groups excluding carboxylic acids is 1. The molecule has 0 spiro atoms. The van der Waals surface area contributed by atoms with Gasteiger partial charge in [0, 0.05) is 19.6 Å². The second kappa shape index (κ2) is 6.08. The molecule has 0 saturated carbocycles. The number of carbonyl (C=O) groups is 1. The smallest absolute Gasteiger partial charge is 0.422 e. The van der Waals surface area contributed by atoms with E-state index in [1.165, 1.54) is 0 Å². The molecule has 1 aliphatic rings. The minimum absolute atomic E-state index is 0.0563. The van der Waals surface area contributed by atoms with Crippen LogP contribution in [0.3, 0.4) is 0 Å². The van der Waals surface area contributed by atoms with E-state index < -0.39 is 18.8 Å². The zero-order chi connectivity index (χ0) is 12.0. The number of halogens is 3. The van der Waals surface area contributed by atoms with E-state index in [2.05, 4.69) is 4.74 Å². The lowest BCUT2D eigenvalue weighted by atomic mass is 9.95. The van der Waals surface area contributed by atoms with Crippen LogP contribution in [0.15, 0.2) is 0 Å². The van der Waals surface area contributed by atoms with Crippen LogP contribution in [0.2, 0.25) is 0 Å². The zero-order valence-corrected chi connectivity index (χ0v) is 8.89. The lowest BCUT2D eigenvalue weighted by Crippen LogP contribution is -2.21. The Bertz CT molecular complexity index is 222. The van der Waals surface area contributed by atoms with E-state index in [0.29, 0.717) is 25.6 Å². The summed E-state index contributed by atoms with van der Waals surface area (Å²) in [5.41, 5.74) is 0. The number of rotatable bonds is 4. The predicted molar refractivity (Wildman–Crippen MR) is 49.8 cm³/mol. The summed E-state index contributed by atoms with van der Waals surface area (Å²) in [7, 11) is 0. The first kappa shape index (κ1) is 13.3. The maximum absolute atomic E-state index is 11.7. The Morgan fingerprint density at radius 3 is 2.50 bits per heavy atom. The first-order valence-electron chi connectivity index (χ1n) is 5.27. The Hall–Kier alpha value is -0.780. The van der Waals surface area contributed by atoms with Gasteiger partial charge in [0.15, 0.2) is 6.61 Å². The van der Waals surface area contributed by atoms with Crippen molar-refractivity contribution in [3.8, 4) is 0 Å². The average molecular weight is 240 g/mol. The molecule has 0 aromatic heterocycles. The second-order valence-electron chi connectivity index (χ2n) is 3.87. The highest BCUT2D eigenvalue weighted by atomic mass is 19.4.